The van der Waals surface area contributed by atoms with E-state index in [1.54, 1.807) is 13.2 Å². The molecule has 250 valence electrons. The fourth-order valence-electron chi connectivity index (χ4n) is 5.59. The maximum atomic E-state index is 13.3. The Kier molecular flexibility index (Phi) is 9.94. The molecule has 1 fully saturated rings. The Morgan fingerprint density at radius 2 is 1.96 bits per heavy atom. The number of carbonyl (C=O) groups is 1. The minimum Gasteiger partial charge on any atom is -0.378 e. The van der Waals surface area contributed by atoms with Crippen molar-refractivity contribution in [2.75, 3.05) is 50.2 Å². The van der Waals surface area contributed by atoms with Crippen LogP contribution in [0.3, 0.4) is 0 Å². The van der Waals surface area contributed by atoms with Crippen LogP contribution in [0.15, 0.2) is 35.5 Å². The minimum absolute atomic E-state index is 0.214. The van der Waals surface area contributed by atoms with Gasteiger partial charge in [-0.1, -0.05) is 25.7 Å². The molecule has 1 aliphatic heterocycles. The molecule has 1 aliphatic carbocycles. The molecule has 3 aromatic rings. The van der Waals surface area contributed by atoms with E-state index in [4.69, 9.17) is 19.4 Å². The number of hydrogen-bond donors (Lipinski definition) is 1. The Morgan fingerprint density at radius 1 is 1.22 bits per heavy atom. The number of pyridine rings is 1. The van der Waals surface area contributed by atoms with E-state index in [0.717, 1.165) is 51.8 Å². The van der Waals surface area contributed by atoms with Crippen molar-refractivity contribution in [3.63, 3.8) is 0 Å². The molecule has 46 heavy (non-hydrogen) atoms. The predicted molar refractivity (Wildman–Crippen MR) is 174 cm³/mol. The van der Waals surface area contributed by atoms with Crippen molar-refractivity contribution in [2.45, 2.75) is 63.9 Å². The first-order valence-corrected chi connectivity index (χ1v) is 19.2. The highest BCUT2D eigenvalue weighted by Gasteiger charge is 2.33. The Balaban J connectivity index is 1.31. The Morgan fingerprint density at radius 3 is 2.61 bits per heavy atom. The van der Waals surface area contributed by atoms with Gasteiger partial charge in [-0.15, -0.1) is 0 Å². The van der Waals surface area contributed by atoms with E-state index in [-0.39, 0.29) is 6.04 Å². The molecule has 2 amide bonds. The van der Waals surface area contributed by atoms with Crippen molar-refractivity contribution < 1.29 is 27.4 Å². The van der Waals surface area contributed by atoms with Crippen molar-refractivity contribution in [1.82, 2.24) is 24.0 Å². The molecule has 15 heteroatoms. The summed E-state index contributed by atoms with van der Waals surface area (Å²) in [6.45, 7) is 10.9. The van der Waals surface area contributed by atoms with Crippen LogP contribution in [0.1, 0.15) is 30.5 Å². The van der Waals surface area contributed by atoms with Crippen LogP contribution in [0.4, 0.5) is 29.3 Å². The zero-order chi connectivity index (χ0) is 33.2. The molecule has 2 aliphatic rings. The van der Waals surface area contributed by atoms with Gasteiger partial charge in [0.1, 0.15) is 17.9 Å². The average Bonchev–Trinajstić information content (AvgIpc) is 3.38. The molecule has 0 spiro atoms. The number of anilines is 2. The number of carbonyl (C=O) groups excluding carboxylic acids is 1. The molecule has 5 rings (SSSR count). The molecule has 1 atom stereocenters. The van der Waals surface area contributed by atoms with Gasteiger partial charge in [0.2, 0.25) is 0 Å². The lowest BCUT2D eigenvalue weighted by Gasteiger charge is -2.31. The second-order valence-electron chi connectivity index (χ2n) is 13.1. The van der Waals surface area contributed by atoms with Crippen LogP contribution in [0, 0.1) is 0 Å². The summed E-state index contributed by atoms with van der Waals surface area (Å²) < 4.78 is 54.3. The van der Waals surface area contributed by atoms with Crippen LogP contribution in [0.25, 0.3) is 16.7 Å². The number of nitrogens with one attached hydrogen (secondary N) is 1. The number of urea groups is 1. The highest BCUT2D eigenvalue weighted by molar-refractivity contribution is 6.76. The normalized spacial score (nSPS) is 17.7. The first kappa shape index (κ1) is 33.7. The number of alkyl halides is 3. The maximum absolute atomic E-state index is 13.3. The summed E-state index contributed by atoms with van der Waals surface area (Å²) in [6, 6.07) is 0.879. The predicted octanol–water partition coefficient (Wildman–Crippen LogP) is 5.40. The standard InChI is InChI=1S/C31H42F3N7O4Si/c1-38-18-22(31(32,33)34)16-24(29(38)42)37-30(43)39(2)23-8-6-21(7-9-23)25-17-35-28-27(36-25)26(40-10-12-44-13-11-40)19-41(28)20-45-14-15-46(3,4)5/h6,16-19,23H,7-15,20H2,1-5H3,(H,37,43). The van der Waals surface area contributed by atoms with Gasteiger partial charge in [0.25, 0.3) is 5.56 Å². The Hall–Kier alpha value is -3.69. The van der Waals surface area contributed by atoms with Gasteiger partial charge in [-0.05, 0) is 36.9 Å². The number of rotatable bonds is 9. The molecule has 1 N–H and O–H groups in total. The van der Waals surface area contributed by atoms with E-state index in [1.807, 2.05) is 10.6 Å². The number of amides is 2. The van der Waals surface area contributed by atoms with Crippen LogP contribution in [0.2, 0.25) is 25.7 Å². The molecule has 1 saturated heterocycles. The Bertz CT molecular complexity index is 1660. The van der Waals surface area contributed by atoms with Gasteiger partial charge >= 0.3 is 12.2 Å². The number of hydrogen-bond acceptors (Lipinski definition) is 7. The van der Waals surface area contributed by atoms with E-state index in [2.05, 4.69) is 36.1 Å². The second-order valence-corrected chi connectivity index (χ2v) is 18.7. The third kappa shape index (κ3) is 7.81. The van der Waals surface area contributed by atoms with Gasteiger partial charge in [-0.2, -0.15) is 13.2 Å². The van der Waals surface area contributed by atoms with Crippen LogP contribution in [-0.2, 0) is 29.4 Å². The molecule has 0 aromatic carbocycles. The summed E-state index contributed by atoms with van der Waals surface area (Å²) >= 11 is 0. The van der Waals surface area contributed by atoms with Gasteiger partial charge in [-0.3, -0.25) is 4.79 Å². The van der Waals surface area contributed by atoms with Crippen molar-refractivity contribution in [2.24, 2.45) is 7.05 Å². The summed E-state index contributed by atoms with van der Waals surface area (Å²) in [5, 5.41) is 2.38. The van der Waals surface area contributed by atoms with E-state index in [1.165, 1.54) is 11.9 Å². The maximum Gasteiger partial charge on any atom is 0.417 e. The highest BCUT2D eigenvalue weighted by Crippen LogP contribution is 2.33. The topological polar surface area (TPSA) is 107 Å². The van der Waals surface area contributed by atoms with E-state index >= 15 is 0 Å². The summed E-state index contributed by atoms with van der Waals surface area (Å²) in [4.78, 5) is 39.0. The summed E-state index contributed by atoms with van der Waals surface area (Å²) in [6.07, 6.45) is 3.67. The van der Waals surface area contributed by atoms with E-state index < -0.39 is 37.1 Å². The Labute approximate surface area is 267 Å². The van der Waals surface area contributed by atoms with Gasteiger partial charge in [0.05, 0.1) is 36.4 Å². The van der Waals surface area contributed by atoms with Crippen molar-refractivity contribution in [3.05, 3.63) is 52.3 Å². The quantitative estimate of drug-likeness (QED) is 0.242. The first-order chi connectivity index (χ1) is 21.7. The van der Waals surface area contributed by atoms with Gasteiger partial charge in [-0.25, -0.2) is 14.8 Å². The number of morpholine rings is 1. The molecule has 0 bridgehead atoms. The molecule has 4 heterocycles. The lowest BCUT2D eigenvalue weighted by molar-refractivity contribution is -0.138. The van der Waals surface area contributed by atoms with E-state index in [0.29, 0.717) is 58.1 Å². The van der Waals surface area contributed by atoms with Gasteiger partial charge < -0.3 is 33.7 Å². The number of aromatic nitrogens is 4. The fraction of sp³-hybridized carbons (Fsp3) is 0.548. The zero-order valence-electron chi connectivity index (χ0n) is 27.0. The lowest BCUT2D eigenvalue weighted by Crippen LogP contribution is -2.41. The fourth-order valence-corrected chi connectivity index (χ4v) is 6.35. The number of aryl methyl sites for hydroxylation is 1. The van der Waals surface area contributed by atoms with E-state index in [9.17, 15) is 22.8 Å². The number of fused-ring (bicyclic) bond motifs is 1. The molecule has 0 radical (unpaired) electrons. The number of halogens is 3. The zero-order valence-corrected chi connectivity index (χ0v) is 28.0. The smallest absolute Gasteiger partial charge is 0.378 e. The summed E-state index contributed by atoms with van der Waals surface area (Å²) in [5.41, 5.74) is 2.16. The second kappa shape index (κ2) is 13.6. The number of ether oxygens (including phenoxy) is 2. The van der Waals surface area contributed by atoms with Crippen LogP contribution < -0.4 is 15.8 Å². The van der Waals surface area contributed by atoms with Crippen molar-refractivity contribution >= 4 is 42.2 Å². The largest absolute Gasteiger partial charge is 0.417 e. The highest BCUT2D eigenvalue weighted by atomic mass is 28.3. The molecule has 11 nitrogen and oxygen atoms in total. The van der Waals surface area contributed by atoms with Crippen LogP contribution in [0.5, 0.6) is 0 Å². The lowest BCUT2D eigenvalue weighted by atomic mass is 9.92. The number of allylic oxidation sites excluding steroid dienone is 1. The summed E-state index contributed by atoms with van der Waals surface area (Å²) in [5.74, 6) is 0. The molecular weight excluding hydrogens is 619 g/mol. The van der Waals surface area contributed by atoms with Crippen LogP contribution in [-0.4, -0.2) is 84.1 Å². The minimum atomic E-state index is -4.65. The molecule has 3 aromatic heterocycles. The third-order valence-corrected chi connectivity index (χ3v) is 10.2. The third-order valence-electron chi connectivity index (χ3n) is 8.46. The first-order valence-electron chi connectivity index (χ1n) is 15.5. The number of nitrogens with zero attached hydrogens (tertiary/aromatic N) is 6. The van der Waals surface area contributed by atoms with Crippen molar-refractivity contribution in [1.29, 1.82) is 0 Å². The average molecular weight is 662 g/mol. The molecular formula is C31H42F3N7O4Si. The molecule has 0 saturated carbocycles. The van der Waals surface area contributed by atoms with Crippen molar-refractivity contribution in [3.8, 4) is 0 Å². The van der Waals surface area contributed by atoms with Crippen LogP contribution >= 0.6 is 0 Å². The van der Waals surface area contributed by atoms with Gasteiger partial charge in [0, 0.05) is 60.3 Å². The monoisotopic (exact) mass is 661 g/mol. The molecule has 1 unspecified atom stereocenters. The van der Waals surface area contributed by atoms with Gasteiger partial charge in [0.15, 0.2) is 5.65 Å². The SMILES string of the molecule is CN(C(=O)Nc1cc(C(F)(F)F)cn(C)c1=O)C1CC=C(c2cnc3c(n2)c(N2CCOCC2)cn3COCC[Si](C)(C)C)CC1. The summed E-state index contributed by atoms with van der Waals surface area (Å²) in [7, 11) is 1.58.